The van der Waals surface area contributed by atoms with Gasteiger partial charge >= 0.3 is 0 Å². The lowest BCUT2D eigenvalue weighted by atomic mass is 10.0. The van der Waals surface area contributed by atoms with Crippen molar-refractivity contribution in [2.45, 2.75) is 11.8 Å². The number of para-hydroxylation sites is 1. The Labute approximate surface area is 161 Å². The molecule has 3 aromatic rings. The summed E-state index contributed by atoms with van der Waals surface area (Å²) >= 11 is 0. The average Bonchev–Trinajstić information content (AvgIpc) is 2.68. The molecule has 0 fully saturated rings. The standard InChI is InChI=1S/C20H16N2O5S/c1-14-11-12-16(22(24)25)13-19(14)28(26,27)21-18-10-6-5-9-17(18)20(23)15-7-3-2-4-8-15/h2-13,21H,1H3. The highest BCUT2D eigenvalue weighted by Gasteiger charge is 2.23. The van der Waals surface area contributed by atoms with Crippen LogP contribution in [0.15, 0.2) is 77.7 Å². The fourth-order valence-electron chi connectivity index (χ4n) is 2.71. The van der Waals surface area contributed by atoms with Gasteiger partial charge in [0.2, 0.25) is 0 Å². The van der Waals surface area contributed by atoms with Crippen molar-refractivity contribution in [1.29, 1.82) is 0 Å². The molecule has 8 heteroatoms. The number of aryl methyl sites for hydroxylation is 1. The van der Waals surface area contributed by atoms with E-state index < -0.39 is 14.9 Å². The molecule has 28 heavy (non-hydrogen) atoms. The number of rotatable bonds is 6. The molecule has 142 valence electrons. The van der Waals surface area contributed by atoms with E-state index in [1.165, 1.54) is 24.3 Å². The molecule has 0 aromatic heterocycles. The second-order valence-corrected chi connectivity index (χ2v) is 7.70. The molecule has 0 bridgehead atoms. The minimum atomic E-state index is -4.14. The summed E-state index contributed by atoms with van der Waals surface area (Å²) in [7, 11) is -4.14. The van der Waals surface area contributed by atoms with E-state index in [0.29, 0.717) is 11.1 Å². The molecule has 0 amide bonds. The SMILES string of the molecule is Cc1ccc([N+](=O)[O-])cc1S(=O)(=O)Nc1ccccc1C(=O)c1ccccc1. The normalized spacial score (nSPS) is 11.0. The van der Waals surface area contributed by atoms with Gasteiger partial charge in [-0.15, -0.1) is 0 Å². The van der Waals surface area contributed by atoms with Crippen molar-refractivity contribution in [1.82, 2.24) is 0 Å². The highest BCUT2D eigenvalue weighted by Crippen LogP contribution is 2.26. The van der Waals surface area contributed by atoms with E-state index in [4.69, 9.17) is 0 Å². The van der Waals surface area contributed by atoms with E-state index in [0.717, 1.165) is 6.07 Å². The van der Waals surface area contributed by atoms with Crippen molar-refractivity contribution >= 4 is 27.2 Å². The van der Waals surface area contributed by atoms with Crippen LogP contribution < -0.4 is 4.72 Å². The Morgan fingerprint density at radius 3 is 2.29 bits per heavy atom. The maximum Gasteiger partial charge on any atom is 0.270 e. The van der Waals surface area contributed by atoms with Gasteiger partial charge in [-0.05, 0) is 24.6 Å². The molecule has 0 aliphatic heterocycles. The number of sulfonamides is 1. The van der Waals surface area contributed by atoms with Gasteiger partial charge in [0.1, 0.15) is 0 Å². The number of nitro benzene ring substituents is 1. The Bertz CT molecular complexity index is 1160. The zero-order chi connectivity index (χ0) is 20.3. The van der Waals surface area contributed by atoms with Crippen molar-refractivity contribution in [3.8, 4) is 0 Å². The lowest BCUT2D eigenvalue weighted by molar-refractivity contribution is -0.385. The fraction of sp³-hybridized carbons (Fsp3) is 0.0500. The van der Waals surface area contributed by atoms with Crippen LogP contribution in [0.1, 0.15) is 21.5 Å². The predicted octanol–water partition coefficient (Wildman–Crippen LogP) is 3.94. The molecular weight excluding hydrogens is 380 g/mol. The molecule has 0 aliphatic carbocycles. The Balaban J connectivity index is 2.02. The molecule has 0 spiro atoms. The van der Waals surface area contributed by atoms with Gasteiger partial charge in [-0.2, -0.15) is 0 Å². The largest absolute Gasteiger partial charge is 0.289 e. The minimum absolute atomic E-state index is 0.0993. The van der Waals surface area contributed by atoms with Gasteiger partial charge in [0, 0.05) is 23.3 Å². The van der Waals surface area contributed by atoms with Gasteiger partial charge < -0.3 is 0 Å². The van der Waals surface area contributed by atoms with E-state index in [2.05, 4.69) is 4.72 Å². The zero-order valence-corrected chi connectivity index (χ0v) is 15.6. The summed E-state index contributed by atoms with van der Waals surface area (Å²) in [6.07, 6.45) is 0. The molecule has 0 heterocycles. The van der Waals surface area contributed by atoms with Crippen LogP contribution in [0.4, 0.5) is 11.4 Å². The van der Waals surface area contributed by atoms with Crippen molar-refractivity contribution in [2.75, 3.05) is 4.72 Å². The summed E-state index contributed by atoms with van der Waals surface area (Å²) < 4.78 is 28.1. The average molecular weight is 396 g/mol. The van der Waals surface area contributed by atoms with E-state index in [1.807, 2.05) is 0 Å². The highest BCUT2D eigenvalue weighted by atomic mass is 32.2. The number of anilines is 1. The summed E-state index contributed by atoms with van der Waals surface area (Å²) in [6, 6.07) is 18.3. The first kappa shape index (κ1) is 19.2. The second kappa shape index (κ2) is 7.61. The number of nitro groups is 1. The van der Waals surface area contributed by atoms with Crippen LogP contribution >= 0.6 is 0 Å². The smallest absolute Gasteiger partial charge is 0.270 e. The number of nitrogens with one attached hydrogen (secondary N) is 1. The zero-order valence-electron chi connectivity index (χ0n) is 14.8. The maximum atomic E-state index is 12.9. The van der Waals surface area contributed by atoms with E-state index in [-0.39, 0.29) is 27.6 Å². The molecule has 3 aromatic carbocycles. The number of carbonyl (C=O) groups is 1. The lowest BCUT2D eigenvalue weighted by Crippen LogP contribution is -2.17. The van der Waals surface area contributed by atoms with Crippen LogP contribution in [0.5, 0.6) is 0 Å². The number of benzene rings is 3. The molecule has 0 atom stereocenters. The van der Waals surface area contributed by atoms with Gasteiger partial charge in [0.15, 0.2) is 5.78 Å². The Morgan fingerprint density at radius 2 is 1.61 bits per heavy atom. The van der Waals surface area contributed by atoms with Crippen molar-refractivity contribution in [3.63, 3.8) is 0 Å². The third kappa shape index (κ3) is 3.91. The monoisotopic (exact) mass is 396 g/mol. The van der Waals surface area contributed by atoms with Crippen molar-refractivity contribution < 1.29 is 18.1 Å². The fourth-order valence-corrected chi connectivity index (χ4v) is 4.05. The number of hydrogen-bond acceptors (Lipinski definition) is 5. The van der Waals surface area contributed by atoms with Gasteiger partial charge in [0.05, 0.1) is 15.5 Å². The van der Waals surface area contributed by atoms with Crippen molar-refractivity contribution in [3.05, 3.63) is 99.6 Å². The van der Waals surface area contributed by atoms with Crippen LogP contribution in [0.3, 0.4) is 0 Å². The lowest BCUT2D eigenvalue weighted by Gasteiger charge is -2.13. The van der Waals surface area contributed by atoms with Gasteiger partial charge in [0.25, 0.3) is 15.7 Å². The quantitative estimate of drug-likeness (QED) is 0.386. The van der Waals surface area contributed by atoms with E-state index in [9.17, 15) is 23.3 Å². The number of non-ortho nitro benzene ring substituents is 1. The van der Waals surface area contributed by atoms with Crippen LogP contribution in [-0.4, -0.2) is 19.1 Å². The van der Waals surface area contributed by atoms with Crippen LogP contribution in [0.2, 0.25) is 0 Å². The third-order valence-corrected chi connectivity index (χ3v) is 5.63. The highest BCUT2D eigenvalue weighted by molar-refractivity contribution is 7.92. The molecular formula is C20H16N2O5S. The molecule has 0 unspecified atom stereocenters. The van der Waals surface area contributed by atoms with Gasteiger partial charge in [-0.1, -0.05) is 48.5 Å². The molecule has 7 nitrogen and oxygen atoms in total. The third-order valence-electron chi connectivity index (χ3n) is 4.12. The molecule has 0 radical (unpaired) electrons. The van der Waals surface area contributed by atoms with E-state index in [1.54, 1.807) is 49.4 Å². The topological polar surface area (TPSA) is 106 Å². The number of carbonyl (C=O) groups excluding carboxylic acids is 1. The predicted molar refractivity (Wildman–Crippen MR) is 105 cm³/mol. The van der Waals surface area contributed by atoms with Gasteiger partial charge in [-0.3, -0.25) is 19.6 Å². The van der Waals surface area contributed by atoms with Crippen LogP contribution in [0.25, 0.3) is 0 Å². The first-order chi connectivity index (χ1) is 13.3. The Morgan fingerprint density at radius 1 is 0.964 bits per heavy atom. The number of hydrogen-bond donors (Lipinski definition) is 1. The van der Waals surface area contributed by atoms with Crippen LogP contribution in [-0.2, 0) is 10.0 Å². The number of ketones is 1. The van der Waals surface area contributed by atoms with Crippen molar-refractivity contribution in [2.24, 2.45) is 0 Å². The molecule has 0 saturated heterocycles. The second-order valence-electron chi connectivity index (χ2n) is 6.05. The minimum Gasteiger partial charge on any atom is -0.289 e. The number of nitrogens with zero attached hydrogens (tertiary/aromatic N) is 1. The molecule has 0 aliphatic rings. The first-order valence-corrected chi connectivity index (χ1v) is 9.74. The Hall–Kier alpha value is -3.52. The summed E-state index contributed by atoms with van der Waals surface area (Å²) in [5.74, 6) is -0.338. The van der Waals surface area contributed by atoms with Crippen LogP contribution in [0, 0.1) is 17.0 Å². The molecule has 0 saturated carbocycles. The first-order valence-electron chi connectivity index (χ1n) is 8.26. The van der Waals surface area contributed by atoms with Gasteiger partial charge in [-0.25, -0.2) is 8.42 Å². The Kier molecular flexibility index (Phi) is 5.23. The van der Waals surface area contributed by atoms with E-state index >= 15 is 0 Å². The maximum absolute atomic E-state index is 12.9. The summed E-state index contributed by atoms with van der Waals surface area (Å²) in [4.78, 5) is 22.9. The molecule has 3 rings (SSSR count). The summed E-state index contributed by atoms with van der Waals surface area (Å²) in [6.45, 7) is 1.54. The summed E-state index contributed by atoms with van der Waals surface area (Å²) in [5, 5.41) is 11.0. The summed E-state index contributed by atoms with van der Waals surface area (Å²) in [5.41, 5.74) is 0.716. The molecule has 1 N–H and O–H groups in total.